The lowest BCUT2D eigenvalue weighted by atomic mass is 10.0. The normalized spacial score (nSPS) is 12.4. The molecule has 0 amide bonds. The second-order valence-corrected chi connectivity index (χ2v) is 6.80. The zero-order chi connectivity index (χ0) is 14.7. The molecular formula is C12H21N3O3S. The highest BCUT2D eigenvalue weighted by Crippen LogP contribution is 2.27. The Morgan fingerprint density at radius 1 is 1.37 bits per heavy atom. The summed E-state index contributed by atoms with van der Waals surface area (Å²) in [6.07, 6.45) is 0.496. The molecule has 0 heterocycles. The lowest BCUT2D eigenvalue weighted by molar-refractivity contribution is 0.260. The molecule has 0 aliphatic rings. The Bertz CT molecular complexity index is 541. The van der Waals surface area contributed by atoms with Crippen molar-refractivity contribution >= 4 is 21.4 Å². The van der Waals surface area contributed by atoms with Crippen molar-refractivity contribution < 1.29 is 13.5 Å². The van der Waals surface area contributed by atoms with Crippen molar-refractivity contribution in [2.45, 2.75) is 30.7 Å². The first-order valence-electron chi connectivity index (χ1n) is 5.94. The van der Waals surface area contributed by atoms with Gasteiger partial charge < -0.3 is 16.2 Å². The van der Waals surface area contributed by atoms with Crippen molar-refractivity contribution in [1.82, 2.24) is 4.72 Å². The molecular weight excluding hydrogens is 266 g/mol. The zero-order valence-electron chi connectivity index (χ0n) is 11.4. The summed E-state index contributed by atoms with van der Waals surface area (Å²) < 4.78 is 26.2. The number of aliphatic hydroxyl groups is 1. The van der Waals surface area contributed by atoms with Crippen molar-refractivity contribution in [3.63, 3.8) is 0 Å². The van der Waals surface area contributed by atoms with Crippen LogP contribution in [0.5, 0.6) is 0 Å². The van der Waals surface area contributed by atoms with Gasteiger partial charge >= 0.3 is 0 Å². The third-order valence-corrected chi connectivity index (χ3v) is 4.23. The third kappa shape index (κ3) is 4.09. The van der Waals surface area contributed by atoms with Gasteiger partial charge in [0, 0.05) is 17.8 Å². The van der Waals surface area contributed by atoms with E-state index >= 15 is 0 Å². The summed E-state index contributed by atoms with van der Waals surface area (Å²) in [7, 11) is -2.25. The van der Waals surface area contributed by atoms with Gasteiger partial charge in [-0.25, -0.2) is 13.1 Å². The van der Waals surface area contributed by atoms with Crippen LogP contribution in [0.2, 0.25) is 0 Å². The number of nitrogen functional groups attached to an aromatic ring is 1. The molecule has 1 aromatic carbocycles. The third-order valence-electron chi connectivity index (χ3n) is 2.77. The Morgan fingerprint density at radius 3 is 2.53 bits per heavy atom. The molecule has 0 aliphatic carbocycles. The summed E-state index contributed by atoms with van der Waals surface area (Å²) >= 11 is 0. The van der Waals surface area contributed by atoms with Crippen molar-refractivity contribution in [1.29, 1.82) is 0 Å². The molecule has 0 bridgehead atoms. The minimum absolute atomic E-state index is 0.0169. The number of anilines is 2. The number of rotatable bonds is 6. The van der Waals surface area contributed by atoms with E-state index in [1.165, 1.54) is 13.1 Å². The highest BCUT2D eigenvalue weighted by atomic mass is 32.2. The van der Waals surface area contributed by atoms with Crippen molar-refractivity contribution in [2.24, 2.45) is 0 Å². The van der Waals surface area contributed by atoms with Gasteiger partial charge in [0.15, 0.2) is 0 Å². The molecule has 108 valence electrons. The molecule has 19 heavy (non-hydrogen) atoms. The number of aliphatic hydroxyl groups excluding tert-OH is 1. The Morgan fingerprint density at radius 2 is 2.00 bits per heavy atom. The van der Waals surface area contributed by atoms with Crippen molar-refractivity contribution in [3.05, 3.63) is 18.2 Å². The maximum absolute atomic E-state index is 12.0. The molecule has 0 unspecified atom stereocenters. The first-order valence-corrected chi connectivity index (χ1v) is 7.42. The molecule has 7 heteroatoms. The number of hydrogen-bond acceptors (Lipinski definition) is 5. The fraction of sp³-hybridized carbons (Fsp3) is 0.500. The number of sulfonamides is 1. The van der Waals surface area contributed by atoms with E-state index in [0.717, 1.165) is 0 Å². The highest BCUT2D eigenvalue weighted by Gasteiger charge is 2.22. The van der Waals surface area contributed by atoms with Gasteiger partial charge in [0.05, 0.1) is 5.69 Å². The maximum atomic E-state index is 12.0. The Kier molecular flexibility index (Phi) is 4.78. The molecule has 1 rings (SSSR count). The van der Waals surface area contributed by atoms with Crippen LogP contribution in [0.25, 0.3) is 0 Å². The number of nitrogens with one attached hydrogen (secondary N) is 2. The lowest BCUT2D eigenvalue weighted by Gasteiger charge is -2.28. The molecule has 0 saturated carbocycles. The Balaban J connectivity index is 3.22. The summed E-state index contributed by atoms with van der Waals surface area (Å²) in [4.78, 5) is 0.0982. The van der Waals surface area contributed by atoms with E-state index in [2.05, 4.69) is 10.0 Å². The van der Waals surface area contributed by atoms with Crippen LogP contribution in [0.1, 0.15) is 20.3 Å². The molecule has 1 aromatic rings. The minimum Gasteiger partial charge on any atom is -0.399 e. The van der Waals surface area contributed by atoms with E-state index in [1.807, 2.05) is 13.8 Å². The van der Waals surface area contributed by atoms with Crippen LogP contribution in [-0.2, 0) is 10.0 Å². The van der Waals surface area contributed by atoms with Gasteiger partial charge in [-0.1, -0.05) is 0 Å². The van der Waals surface area contributed by atoms with Gasteiger partial charge in [-0.05, 0) is 45.5 Å². The second kappa shape index (κ2) is 5.77. The molecule has 6 nitrogen and oxygen atoms in total. The average molecular weight is 287 g/mol. The fourth-order valence-electron chi connectivity index (χ4n) is 1.68. The molecule has 5 N–H and O–H groups in total. The summed E-state index contributed by atoms with van der Waals surface area (Å²) in [6, 6.07) is 4.66. The largest absolute Gasteiger partial charge is 0.399 e. The average Bonchev–Trinajstić information content (AvgIpc) is 2.31. The van der Waals surface area contributed by atoms with Crippen LogP contribution in [0.4, 0.5) is 11.4 Å². The van der Waals surface area contributed by atoms with E-state index in [4.69, 9.17) is 10.8 Å². The van der Waals surface area contributed by atoms with Gasteiger partial charge in [-0.3, -0.25) is 0 Å². The van der Waals surface area contributed by atoms with Crippen LogP contribution < -0.4 is 15.8 Å². The highest BCUT2D eigenvalue weighted by molar-refractivity contribution is 7.89. The van der Waals surface area contributed by atoms with Crippen LogP contribution in [-0.4, -0.2) is 32.7 Å². The molecule has 0 aliphatic heterocycles. The number of hydrogen-bond donors (Lipinski definition) is 4. The molecule has 0 saturated heterocycles. The zero-order valence-corrected chi connectivity index (χ0v) is 12.2. The Labute approximate surface area is 114 Å². The van der Waals surface area contributed by atoms with Crippen LogP contribution in [0.15, 0.2) is 23.1 Å². The standard InChI is InChI=1S/C12H21N3O3S/c1-12(2,6-7-16)15-10-5-4-9(13)8-11(10)19(17,18)14-3/h4-5,8,14-16H,6-7,13H2,1-3H3. The lowest BCUT2D eigenvalue weighted by Crippen LogP contribution is -2.33. The topological polar surface area (TPSA) is 104 Å². The minimum atomic E-state index is -3.59. The van der Waals surface area contributed by atoms with E-state index in [-0.39, 0.29) is 11.5 Å². The van der Waals surface area contributed by atoms with Gasteiger partial charge in [-0.15, -0.1) is 0 Å². The summed E-state index contributed by atoms with van der Waals surface area (Å²) in [5, 5.41) is 12.1. The van der Waals surface area contributed by atoms with E-state index in [1.54, 1.807) is 12.1 Å². The fourth-order valence-corrected chi connectivity index (χ4v) is 2.60. The summed E-state index contributed by atoms with van der Waals surface area (Å²) in [5.41, 5.74) is 6.05. The molecule has 0 aromatic heterocycles. The smallest absolute Gasteiger partial charge is 0.242 e. The SMILES string of the molecule is CNS(=O)(=O)c1cc(N)ccc1NC(C)(C)CCO. The second-order valence-electron chi connectivity index (χ2n) is 4.95. The number of nitrogens with two attached hydrogens (primary N) is 1. The monoisotopic (exact) mass is 287 g/mol. The predicted octanol–water partition coefficient (Wildman–Crippen LogP) is 0.750. The van der Waals surface area contributed by atoms with Crippen LogP contribution in [0.3, 0.4) is 0 Å². The molecule has 0 fully saturated rings. The summed E-state index contributed by atoms with van der Waals surface area (Å²) in [6.45, 7) is 3.79. The Hall–Kier alpha value is -1.31. The van der Waals surface area contributed by atoms with Crippen molar-refractivity contribution in [2.75, 3.05) is 24.7 Å². The van der Waals surface area contributed by atoms with E-state index in [9.17, 15) is 8.42 Å². The van der Waals surface area contributed by atoms with Crippen molar-refractivity contribution in [3.8, 4) is 0 Å². The number of benzene rings is 1. The van der Waals surface area contributed by atoms with Gasteiger partial charge in [0.1, 0.15) is 4.90 Å². The van der Waals surface area contributed by atoms with E-state index in [0.29, 0.717) is 17.8 Å². The van der Waals surface area contributed by atoms with Crippen LogP contribution in [0, 0.1) is 0 Å². The summed E-state index contributed by atoms with van der Waals surface area (Å²) in [5.74, 6) is 0. The van der Waals surface area contributed by atoms with Gasteiger partial charge in [0.25, 0.3) is 0 Å². The predicted molar refractivity (Wildman–Crippen MR) is 76.5 cm³/mol. The van der Waals surface area contributed by atoms with Gasteiger partial charge in [-0.2, -0.15) is 0 Å². The van der Waals surface area contributed by atoms with Gasteiger partial charge in [0.2, 0.25) is 10.0 Å². The first kappa shape index (κ1) is 15.7. The van der Waals surface area contributed by atoms with Crippen LogP contribution >= 0.6 is 0 Å². The quantitative estimate of drug-likeness (QED) is 0.578. The molecule has 0 spiro atoms. The molecule has 0 atom stereocenters. The van der Waals surface area contributed by atoms with E-state index < -0.39 is 15.6 Å². The molecule has 0 radical (unpaired) electrons. The maximum Gasteiger partial charge on any atom is 0.242 e. The first-order chi connectivity index (χ1) is 8.72.